The third-order valence-corrected chi connectivity index (χ3v) is 2.21. The van der Waals surface area contributed by atoms with Crippen molar-refractivity contribution in [3.05, 3.63) is 29.8 Å². The summed E-state index contributed by atoms with van der Waals surface area (Å²) < 4.78 is 1.26. The molecule has 0 atom stereocenters. The Morgan fingerprint density at radius 2 is 2.00 bits per heavy atom. The topological polar surface area (TPSA) is 112 Å². The van der Waals surface area contributed by atoms with Crippen molar-refractivity contribution in [2.75, 3.05) is 0 Å². The van der Waals surface area contributed by atoms with Crippen LogP contribution in [0.4, 0.5) is 0 Å². The first-order valence-electron chi connectivity index (χ1n) is 4.64. The molecule has 17 heavy (non-hydrogen) atoms. The Morgan fingerprint density at radius 1 is 1.29 bits per heavy atom. The third-order valence-electron chi connectivity index (χ3n) is 2.21. The number of hydrogen-bond donors (Lipinski definition) is 3. The largest absolute Gasteiger partial charge is 0.506 e. The van der Waals surface area contributed by atoms with Crippen LogP contribution in [0.25, 0.3) is 5.52 Å². The molecule has 0 saturated heterocycles. The number of nitrogens with zero attached hydrogens (tertiary/aromatic N) is 2. The van der Waals surface area contributed by atoms with Gasteiger partial charge < -0.3 is 15.3 Å². The Bertz CT molecular complexity index is 616. The molecule has 0 radical (unpaired) electrons. The molecular formula is C10H8N2O5. The van der Waals surface area contributed by atoms with Crippen LogP contribution in [0.3, 0.4) is 0 Å². The summed E-state index contributed by atoms with van der Waals surface area (Å²) in [4.78, 5) is 25.3. The summed E-state index contributed by atoms with van der Waals surface area (Å²) in [6.45, 7) is 0. The van der Waals surface area contributed by atoms with Crippen LogP contribution in [0.15, 0.2) is 18.3 Å². The molecule has 2 aromatic heterocycles. The summed E-state index contributed by atoms with van der Waals surface area (Å²) in [5.74, 6) is -2.42. The Morgan fingerprint density at radius 3 is 2.59 bits per heavy atom. The molecular weight excluding hydrogens is 228 g/mol. The molecule has 0 aliphatic rings. The standard InChI is InChI=1S/C10H8N2O5/c13-5-1-2-6-9(10(16)17)11-7(3-8(14)15)12(6)4-5/h1-2,4,13H,3H2,(H,14,15)(H,16,17). The van der Waals surface area contributed by atoms with E-state index in [2.05, 4.69) is 4.98 Å². The van der Waals surface area contributed by atoms with Crippen LogP contribution in [-0.4, -0.2) is 36.6 Å². The van der Waals surface area contributed by atoms with Crippen molar-refractivity contribution < 1.29 is 24.9 Å². The lowest BCUT2D eigenvalue weighted by Crippen LogP contribution is -2.04. The van der Waals surface area contributed by atoms with Gasteiger partial charge in [0.05, 0.1) is 11.7 Å². The maximum Gasteiger partial charge on any atom is 0.356 e. The minimum absolute atomic E-state index is 0.0563. The van der Waals surface area contributed by atoms with Crippen molar-refractivity contribution in [2.24, 2.45) is 0 Å². The van der Waals surface area contributed by atoms with Crippen LogP contribution >= 0.6 is 0 Å². The van der Waals surface area contributed by atoms with Crippen molar-refractivity contribution in [3.8, 4) is 5.75 Å². The molecule has 0 bridgehead atoms. The van der Waals surface area contributed by atoms with Gasteiger partial charge in [-0.25, -0.2) is 9.78 Å². The maximum absolute atomic E-state index is 10.9. The molecule has 7 nitrogen and oxygen atoms in total. The van der Waals surface area contributed by atoms with Crippen LogP contribution in [-0.2, 0) is 11.2 Å². The summed E-state index contributed by atoms with van der Waals surface area (Å²) in [5, 5.41) is 26.9. The minimum atomic E-state index is -1.25. The molecule has 0 unspecified atom stereocenters. The first kappa shape index (κ1) is 10.9. The van der Waals surface area contributed by atoms with E-state index < -0.39 is 18.4 Å². The molecule has 2 heterocycles. The highest BCUT2D eigenvalue weighted by Gasteiger charge is 2.18. The number of carbonyl (C=O) groups is 2. The van der Waals surface area contributed by atoms with Crippen LogP contribution in [0.5, 0.6) is 5.75 Å². The maximum atomic E-state index is 10.9. The number of pyridine rings is 1. The van der Waals surface area contributed by atoms with Gasteiger partial charge >= 0.3 is 11.9 Å². The van der Waals surface area contributed by atoms with E-state index in [1.165, 1.54) is 22.7 Å². The number of fused-ring (bicyclic) bond motifs is 1. The fourth-order valence-electron chi connectivity index (χ4n) is 1.55. The molecule has 7 heteroatoms. The summed E-state index contributed by atoms with van der Waals surface area (Å²) in [5.41, 5.74) is 0.00722. The second-order valence-electron chi connectivity index (χ2n) is 3.39. The summed E-state index contributed by atoms with van der Waals surface area (Å²) >= 11 is 0. The van der Waals surface area contributed by atoms with Gasteiger partial charge in [0.1, 0.15) is 18.0 Å². The molecule has 2 aromatic rings. The van der Waals surface area contributed by atoms with Crippen LogP contribution in [0.2, 0.25) is 0 Å². The third kappa shape index (κ3) is 1.89. The van der Waals surface area contributed by atoms with Gasteiger partial charge in [-0.2, -0.15) is 0 Å². The van der Waals surface area contributed by atoms with E-state index in [1.54, 1.807) is 0 Å². The molecule has 0 aliphatic carbocycles. The fourth-order valence-corrected chi connectivity index (χ4v) is 1.55. The predicted octanol–water partition coefficient (Wildman–Crippen LogP) is 0.365. The van der Waals surface area contributed by atoms with Gasteiger partial charge in [0.15, 0.2) is 5.69 Å². The second kappa shape index (κ2) is 3.78. The SMILES string of the molecule is O=C(O)Cc1nc(C(=O)O)c2ccc(O)cn12. The van der Waals surface area contributed by atoms with Crippen LogP contribution in [0.1, 0.15) is 16.3 Å². The van der Waals surface area contributed by atoms with Crippen molar-refractivity contribution in [3.63, 3.8) is 0 Å². The highest BCUT2D eigenvalue weighted by Crippen LogP contribution is 2.18. The normalized spacial score (nSPS) is 10.6. The van der Waals surface area contributed by atoms with E-state index >= 15 is 0 Å². The minimum Gasteiger partial charge on any atom is -0.506 e. The lowest BCUT2D eigenvalue weighted by molar-refractivity contribution is -0.136. The number of rotatable bonds is 3. The average Bonchev–Trinajstić information content (AvgIpc) is 2.56. The molecule has 0 aliphatic heterocycles. The molecule has 0 amide bonds. The van der Waals surface area contributed by atoms with E-state index in [0.717, 1.165) is 0 Å². The van der Waals surface area contributed by atoms with E-state index in [1.807, 2.05) is 0 Å². The zero-order chi connectivity index (χ0) is 12.6. The number of hydrogen-bond acceptors (Lipinski definition) is 4. The van der Waals surface area contributed by atoms with Gasteiger partial charge in [-0.3, -0.25) is 9.20 Å². The van der Waals surface area contributed by atoms with Gasteiger partial charge in [0.2, 0.25) is 0 Å². The fraction of sp³-hybridized carbons (Fsp3) is 0.100. The van der Waals surface area contributed by atoms with E-state index in [-0.39, 0.29) is 22.8 Å². The zero-order valence-electron chi connectivity index (χ0n) is 8.49. The highest BCUT2D eigenvalue weighted by atomic mass is 16.4. The van der Waals surface area contributed by atoms with E-state index in [9.17, 15) is 14.7 Å². The van der Waals surface area contributed by atoms with Crippen LogP contribution in [0, 0.1) is 0 Å². The molecule has 3 N–H and O–H groups in total. The number of aliphatic carboxylic acids is 1. The van der Waals surface area contributed by atoms with E-state index in [0.29, 0.717) is 0 Å². The first-order chi connectivity index (χ1) is 7.99. The smallest absolute Gasteiger partial charge is 0.356 e. The average molecular weight is 236 g/mol. The molecule has 0 aromatic carbocycles. The Kier molecular flexibility index (Phi) is 2.43. The molecule has 2 rings (SSSR count). The predicted molar refractivity (Wildman–Crippen MR) is 55.2 cm³/mol. The Balaban J connectivity index is 2.70. The number of aromatic nitrogens is 2. The number of carboxylic acid groups (broad SMARTS) is 2. The van der Waals surface area contributed by atoms with E-state index in [4.69, 9.17) is 10.2 Å². The molecule has 88 valence electrons. The monoisotopic (exact) mass is 236 g/mol. The number of carboxylic acids is 2. The van der Waals surface area contributed by atoms with Gasteiger partial charge in [0, 0.05) is 0 Å². The number of aromatic hydroxyl groups is 1. The number of imidazole rings is 1. The highest BCUT2D eigenvalue weighted by molar-refractivity contribution is 5.94. The molecule has 0 saturated carbocycles. The van der Waals surface area contributed by atoms with Crippen molar-refractivity contribution in [1.82, 2.24) is 9.38 Å². The number of aromatic carboxylic acids is 1. The van der Waals surface area contributed by atoms with Gasteiger partial charge in [-0.05, 0) is 12.1 Å². The summed E-state index contributed by atoms with van der Waals surface area (Å²) in [6, 6.07) is 2.69. The Labute approximate surface area is 94.6 Å². The van der Waals surface area contributed by atoms with Crippen molar-refractivity contribution in [1.29, 1.82) is 0 Å². The zero-order valence-corrected chi connectivity index (χ0v) is 8.49. The lowest BCUT2D eigenvalue weighted by atomic mass is 10.3. The quantitative estimate of drug-likeness (QED) is 0.709. The second-order valence-corrected chi connectivity index (χ2v) is 3.39. The Hall–Kier alpha value is -2.57. The van der Waals surface area contributed by atoms with Crippen LogP contribution < -0.4 is 0 Å². The molecule has 0 fully saturated rings. The molecule has 0 spiro atoms. The van der Waals surface area contributed by atoms with Gasteiger partial charge in [-0.1, -0.05) is 0 Å². The summed E-state index contributed by atoms with van der Waals surface area (Å²) in [6.07, 6.45) is 0.810. The van der Waals surface area contributed by atoms with Crippen molar-refractivity contribution in [2.45, 2.75) is 6.42 Å². The summed E-state index contributed by atoms with van der Waals surface area (Å²) in [7, 11) is 0. The first-order valence-corrected chi connectivity index (χ1v) is 4.64. The van der Waals surface area contributed by atoms with Gasteiger partial charge in [-0.15, -0.1) is 0 Å². The lowest BCUT2D eigenvalue weighted by Gasteiger charge is -1.99. The van der Waals surface area contributed by atoms with Crippen molar-refractivity contribution >= 4 is 17.5 Å². The van der Waals surface area contributed by atoms with Gasteiger partial charge in [0.25, 0.3) is 0 Å².